The minimum atomic E-state index is -0.332. The van der Waals surface area contributed by atoms with Crippen LogP contribution in [-0.2, 0) is 11.3 Å². The van der Waals surface area contributed by atoms with Crippen molar-refractivity contribution in [2.45, 2.75) is 20.4 Å². The average molecular weight is 390 g/mol. The Labute approximate surface area is 167 Å². The van der Waals surface area contributed by atoms with Gasteiger partial charge in [-0.3, -0.25) is 4.79 Å². The molecule has 7 heteroatoms. The largest absolute Gasteiger partial charge is 0.334 e. The highest BCUT2D eigenvalue weighted by Gasteiger charge is 2.15. The molecule has 0 radical (unpaired) electrons. The molecular formula is C22H19FN4O2. The fourth-order valence-corrected chi connectivity index (χ4v) is 2.96. The Hall–Kier alpha value is -3.74. The minimum absolute atomic E-state index is 0.101. The van der Waals surface area contributed by atoms with Crippen LogP contribution in [0.2, 0.25) is 0 Å². The predicted molar refractivity (Wildman–Crippen MR) is 108 cm³/mol. The fourth-order valence-electron chi connectivity index (χ4n) is 2.96. The number of rotatable bonds is 5. The molecule has 0 spiro atoms. The summed E-state index contributed by atoms with van der Waals surface area (Å²) in [5, 5.41) is 6.86. The molecule has 4 aromatic rings. The highest BCUT2D eigenvalue weighted by atomic mass is 19.1. The molecule has 1 amide bonds. The molecule has 0 aliphatic carbocycles. The number of aryl methyl sites for hydroxylation is 2. The van der Waals surface area contributed by atoms with Crippen molar-refractivity contribution in [1.29, 1.82) is 0 Å². The second kappa shape index (κ2) is 7.71. The SMILES string of the molecule is Cc1ccc(NC(=O)Cn2cccc2-c2nc(-c3ccc(F)cc3)no2)cc1C. The quantitative estimate of drug-likeness (QED) is 0.541. The van der Waals surface area contributed by atoms with E-state index in [1.165, 1.54) is 17.7 Å². The monoisotopic (exact) mass is 390 g/mol. The first-order valence-electron chi connectivity index (χ1n) is 9.12. The van der Waals surface area contributed by atoms with Crippen LogP contribution in [0.15, 0.2) is 65.3 Å². The molecule has 29 heavy (non-hydrogen) atoms. The summed E-state index contributed by atoms with van der Waals surface area (Å²) >= 11 is 0. The van der Waals surface area contributed by atoms with Gasteiger partial charge in [-0.25, -0.2) is 4.39 Å². The number of hydrogen-bond acceptors (Lipinski definition) is 4. The van der Waals surface area contributed by atoms with Crippen molar-refractivity contribution >= 4 is 11.6 Å². The summed E-state index contributed by atoms with van der Waals surface area (Å²) < 4.78 is 20.2. The number of benzene rings is 2. The fraction of sp³-hybridized carbons (Fsp3) is 0.136. The maximum Gasteiger partial charge on any atom is 0.274 e. The molecule has 2 aromatic heterocycles. The second-order valence-electron chi connectivity index (χ2n) is 6.80. The number of aromatic nitrogens is 3. The van der Waals surface area contributed by atoms with Crippen LogP contribution in [0.25, 0.3) is 23.0 Å². The van der Waals surface area contributed by atoms with Crippen molar-refractivity contribution in [3.63, 3.8) is 0 Å². The van der Waals surface area contributed by atoms with E-state index in [2.05, 4.69) is 15.5 Å². The van der Waals surface area contributed by atoms with Gasteiger partial charge in [-0.1, -0.05) is 11.2 Å². The molecule has 1 N–H and O–H groups in total. The van der Waals surface area contributed by atoms with Gasteiger partial charge in [0.25, 0.3) is 5.89 Å². The Kier molecular flexibility index (Phi) is 4.95. The summed E-state index contributed by atoms with van der Waals surface area (Å²) in [6, 6.07) is 15.2. The molecule has 146 valence electrons. The van der Waals surface area contributed by atoms with Gasteiger partial charge in [-0.2, -0.15) is 4.98 Å². The highest BCUT2D eigenvalue weighted by Crippen LogP contribution is 2.23. The summed E-state index contributed by atoms with van der Waals surface area (Å²) in [7, 11) is 0. The normalized spacial score (nSPS) is 10.9. The molecule has 0 aliphatic rings. The van der Waals surface area contributed by atoms with E-state index < -0.39 is 0 Å². The lowest BCUT2D eigenvalue weighted by molar-refractivity contribution is -0.116. The van der Waals surface area contributed by atoms with Crippen molar-refractivity contribution in [2.75, 3.05) is 5.32 Å². The topological polar surface area (TPSA) is 73.0 Å². The van der Waals surface area contributed by atoms with E-state index in [-0.39, 0.29) is 24.2 Å². The first-order chi connectivity index (χ1) is 14.0. The van der Waals surface area contributed by atoms with Crippen LogP contribution in [0.1, 0.15) is 11.1 Å². The lowest BCUT2D eigenvalue weighted by Gasteiger charge is -2.09. The Balaban J connectivity index is 1.50. The van der Waals surface area contributed by atoms with Crippen molar-refractivity contribution in [3.05, 3.63) is 77.7 Å². The molecule has 0 aliphatic heterocycles. The van der Waals surface area contributed by atoms with Crippen molar-refractivity contribution in [3.8, 4) is 23.0 Å². The number of halogens is 1. The molecule has 0 fully saturated rings. The van der Waals surface area contributed by atoms with Crippen LogP contribution in [0, 0.1) is 19.7 Å². The summed E-state index contributed by atoms with van der Waals surface area (Å²) in [6.07, 6.45) is 1.77. The van der Waals surface area contributed by atoms with E-state index >= 15 is 0 Å². The first-order valence-corrected chi connectivity index (χ1v) is 9.12. The number of anilines is 1. The number of hydrogen-bond donors (Lipinski definition) is 1. The Bertz CT molecular complexity index is 1160. The number of nitrogens with one attached hydrogen (secondary N) is 1. The van der Waals surface area contributed by atoms with Gasteiger partial charge in [0.15, 0.2) is 0 Å². The van der Waals surface area contributed by atoms with E-state index in [0.717, 1.165) is 11.3 Å². The third-order valence-corrected chi connectivity index (χ3v) is 4.68. The van der Waals surface area contributed by atoms with Gasteiger partial charge in [-0.15, -0.1) is 0 Å². The Morgan fingerprint density at radius 2 is 1.90 bits per heavy atom. The van der Waals surface area contributed by atoms with Crippen LogP contribution in [0.4, 0.5) is 10.1 Å². The number of carbonyl (C=O) groups is 1. The van der Waals surface area contributed by atoms with Crippen LogP contribution < -0.4 is 5.32 Å². The van der Waals surface area contributed by atoms with Gasteiger partial charge in [0.2, 0.25) is 11.7 Å². The van der Waals surface area contributed by atoms with Crippen LogP contribution >= 0.6 is 0 Å². The summed E-state index contributed by atoms with van der Waals surface area (Å²) in [4.78, 5) is 16.9. The van der Waals surface area contributed by atoms with Gasteiger partial charge in [0.05, 0.1) is 0 Å². The maximum absolute atomic E-state index is 13.1. The Morgan fingerprint density at radius 1 is 1.10 bits per heavy atom. The zero-order chi connectivity index (χ0) is 20.4. The standard InChI is InChI=1S/C22H19FN4O2/c1-14-5-10-18(12-15(14)2)24-20(28)13-27-11-3-4-19(27)22-25-21(26-29-22)16-6-8-17(23)9-7-16/h3-12H,13H2,1-2H3,(H,24,28). The van der Waals surface area contributed by atoms with E-state index in [0.29, 0.717) is 17.1 Å². The zero-order valence-corrected chi connectivity index (χ0v) is 16.0. The van der Waals surface area contributed by atoms with Gasteiger partial charge in [-0.05, 0) is 73.5 Å². The van der Waals surface area contributed by atoms with Gasteiger partial charge < -0.3 is 14.4 Å². The third kappa shape index (κ3) is 4.08. The van der Waals surface area contributed by atoms with Crippen LogP contribution in [-0.4, -0.2) is 20.6 Å². The summed E-state index contributed by atoms with van der Waals surface area (Å²) in [5.41, 5.74) is 4.31. The van der Waals surface area contributed by atoms with E-state index in [1.54, 1.807) is 35.0 Å². The summed E-state index contributed by atoms with van der Waals surface area (Å²) in [6.45, 7) is 4.13. The molecule has 6 nitrogen and oxygen atoms in total. The lowest BCUT2D eigenvalue weighted by atomic mass is 10.1. The molecule has 2 aromatic carbocycles. The van der Waals surface area contributed by atoms with E-state index in [4.69, 9.17) is 4.52 Å². The van der Waals surface area contributed by atoms with Crippen LogP contribution in [0.3, 0.4) is 0 Å². The molecule has 0 saturated carbocycles. The maximum atomic E-state index is 13.1. The Morgan fingerprint density at radius 3 is 2.66 bits per heavy atom. The highest BCUT2D eigenvalue weighted by molar-refractivity contribution is 5.91. The molecule has 0 bridgehead atoms. The van der Waals surface area contributed by atoms with Crippen molar-refractivity contribution in [1.82, 2.24) is 14.7 Å². The van der Waals surface area contributed by atoms with E-state index in [1.807, 2.05) is 32.0 Å². The molecule has 2 heterocycles. The van der Waals surface area contributed by atoms with Gasteiger partial charge in [0, 0.05) is 17.4 Å². The molecule has 4 rings (SSSR count). The summed E-state index contributed by atoms with van der Waals surface area (Å²) in [5.74, 6) is 0.144. The molecule has 0 saturated heterocycles. The van der Waals surface area contributed by atoms with Gasteiger partial charge >= 0.3 is 0 Å². The van der Waals surface area contributed by atoms with Crippen molar-refractivity contribution < 1.29 is 13.7 Å². The number of nitrogens with zero attached hydrogens (tertiary/aromatic N) is 3. The smallest absolute Gasteiger partial charge is 0.274 e. The first kappa shape index (κ1) is 18.6. The average Bonchev–Trinajstić information content (AvgIpc) is 3.34. The molecular weight excluding hydrogens is 371 g/mol. The number of amides is 1. The van der Waals surface area contributed by atoms with E-state index in [9.17, 15) is 9.18 Å². The third-order valence-electron chi connectivity index (χ3n) is 4.68. The van der Waals surface area contributed by atoms with Crippen LogP contribution in [0.5, 0.6) is 0 Å². The second-order valence-corrected chi connectivity index (χ2v) is 6.80. The minimum Gasteiger partial charge on any atom is -0.334 e. The molecule has 0 atom stereocenters. The number of carbonyl (C=O) groups excluding carboxylic acids is 1. The van der Waals surface area contributed by atoms with Crippen molar-refractivity contribution in [2.24, 2.45) is 0 Å². The lowest BCUT2D eigenvalue weighted by Crippen LogP contribution is -2.18. The van der Waals surface area contributed by atoms with Gasteiger partial charge in [0.1, 0.15) is 18.1 Å². The zero-order valence-electron chi connectivity index (χ0n) is 16.0. The molecule has 0 unspecified atom stereocenters. The predicted octanol–water partition coefficient (Wildman–Crippen LogP) is 4.60.